The Morgan fingerprint density at radius 1 is 1.21 bits per heavy atom. The van der Waals surface area contributed by atoms with E-state index in [1.54, 1.807) is 12.3 Å². The number of nitrogens with two attached hydrogens (primary N) is 1. The van der Waals surface area contributed by atoms with E-state index in [1.807, 2.05) is 48.7 Å². The fourth-order valence-corrected chi connectivity index (χ4v) is 4.89. The minimum absolute atomic E-state index is 0.0690. The Bertz CT molecular complexity index is 1340. The number of aromatic nitrogens is 3. The highest BCUT2D eigenvalue weighted by Gasteiger charge is 2.22. The number of anilines is 1. The molecule has 0 aliphatic carbocycles. The Hall–Kier alpha value is -3.76. The minimum atomic E-state index is -0.224. The first-order valence-corrected chi connectivity index (χ1v) is 12.0. The highest BCUT2D eigenvalue weighted by Crippen LogP contribution is 2.28. The van der Waals surface area contributed by atoms with Gasteiger partial charge in [-0.05, 0) is 48.5 Å². The molecular weight excluding hydrogens is 450 g/mol. The maximum Gasteiger partial charge on any atom is 0.261 e. The lowest BCUT2D eigenvalue weighted by atomic mass is 10.1. The number of rotatable bonds is 6. The van der Waals surface area contributed by atoms with Crippen molar-refractivity contribution < 1.29 is 9.59 Å². The van der Waals surface area contributed by atoms with Gasteiger partial charge in [-0.2, -0.15) is 4.98 Å². The van der Waals surface area contributed by atoms with E-state index >= 15 is 0 Å². The van der Waals surface area contributed by atoms with Crippen LogP contribution in [0, 0.1) is 0 Å². The van der Waals surface area contributed by atoms with Crippen LogP contribution < -0.4 is 21.7 Å². The lowest BCUT2D eigenvalue weighted by Gasteiger charge is -2.13. The zero-order valence-corrected chi connectivity index (χ0v) is 19.4. The lowest BCUT2D eigenvalue weighted by molar-refractivity contribution is 0.0934. The van der Waals surface area contributed by atoms with E-state index in [9.17, 15) is 9.59 Å². The molecule has 1 saturated heterocycles. The van der Waals surface area contributed by atoms with Gasteiger partial charge in [-0.15, -0.1) is 16.4 Å². The second-order valence-corrected chi connectivity index (χ2v) is 9.26. The van der Waals surface area contributed by atoms with E-state index in [0.717, 1.165) is 36.2 Å². The van der Waals surface area contributed by atoms with E-state index in [2.05, 4.69) is 26.0 Å². The van der Waals surface area contributed by atoms with Gasteiger partial charge in [0.15, 0.2) is 5.65 Å². The molecule has 1 aromatic carbocycles. The van der Waals surface area contributed by atoms with Crippen LogP contribution in [-0.4, -0.2) is 45.5 Å². The molecule has 2 atom stereocenters. The summed E-state index contributed by atoms with van der Waals surface area (Å²) in [5, 5.41) is 15.4. The van der Waals surface area contributed by atoms with Crippen LogP contribution in [0.25, 0.3) is 16.8 Å². The van der Waals surface area contributed by atoms with Crippen molar-refractivity contribution in [1.82, 2.24) is 30.5 Å². The molecule has 3 aromatic heterocycles. The summed E-state index contributed by atoms with van der Waals surface area (Å²) in [7, 11) is 0. The fourth-order valence-electron chi connectivity index (χ4n) is 4.07. The highest BCUT2D eigenvalue weighted by atomic mass is 32.1. The second kappa shape index (κ2) is 9.24. The number of nitrogen functional groups attached to an aromatic ring is 1. The van der Waals surface area contributed by atoms with Gasteiger partial charge in [-0.3, -0.25) is 9.59 Å². The Kier molecular flexibility index (Phi) is 5.99. The van der Waals surface area contributed by atoms with Crippen LogP contribution in [0.15, 0.2) is 54.0 Å². The Morgan fingerprint density at radius 2 is 2.03 bits per heavy atom. The van der Waals surface area contributed by atoms with Gasteiger partial charge in [0.05, 0.1) is 16.5 Å². The Morgan fingerprint density at radius 3 is 2.79 bits per heavy atom. The van der Waals surface area contributed by atoms with Crippen molar-refractivity contribution in [2.45, 2.75) is 25.4 Å². The van der Waals surface area contributed by atoms with Crippen molar-refractivity contribution in [2.75, 3.05) is 18.8 Å². The van der Waals surface area contributed by atoms with Crippen LogP contribution in [0.5, 0.6) is 0 Å². The quantitative estimate of drug-likeness (QED) is 0.340. The molecule has 9 nitrogen and oxygen atoms in total. The van der Waals surface area contributed by atoms with Crippen molar-refractivity contribution in [3.8, 4) is 11.1 Å². The van der Waals surface area contributed by atoms with Crippen LogP contribution in [0.1, 0.15) is 45.0 Å². The van der Waals surface area contributed by atoms with Gasteiger partial charge >= 0.3 is 0 Å². The van der Waals surface area contributed by atoms with E-state index < -0.39 is 0 Å². The number of nitrogens with one attached hydrogen (secondary N) is 3. The van der Waals surface area contributed by atoms with Crippen LogP contribution in [0.2, 0.25) is 0 Å². The molecule has 0 spiro atoms. The van der Waals surface area contributed by atoms with E-state index in [-0.39, 0.29) is 29.8 Å². The van der Waals surface area contributed by atoms with Gasteiger partial charge in [-0.25, -0.2) is 4.52 Å². The SMILES string of the molecule is C[C@H](NC(=O)c1cc(-c2cc(C(=O)NC3CCNC3)c3nc(N)nn3c2)cs1)c1ccccc1. The van der Waals surface area contributed by atoms with E-state index in [4.69, 9.17) is 5.73 Å². The maximum absolute atomic E-state index is 13.1. The summed E-state index contributed by atoms with van der Waals surface area (Å²) in [5.74, 6) is -0.280. The number of hydrogen-bond acceptors (Lipinski definition) is 7. The Balaban J connectivity index is 1.41. The van der Waals surface area contributed by atoms with Gasteiger partial charge in [0.2, 0.25) is 5.95 Å². The van der Waals surface area contributed by atoms with Crippen LogP contribution in [0.4, 0.5) is 5.95 Å². The van der Waals surface area contributed by atoms with Gasteiger partial charge in [0.25, 0.3) is 11.8 Å². The van der Waals surface area contributed by atoms with Crippen LogP contribution in [-0.2, 0) is 0 Å². The van der Waals surface area contributed by atoms with Gasteiger partial charge < -0.3 is 21.7 Å². The summed E-state index contributed by atoms with van der Waals surface area (Å²) in [6, 6.07) is 13.4. The number of carbonyl (C=O) groups excluding carboxylic acids is 2. The van der Waals surface area contributed by atoms with Crippen molar-refractivity contribution in [3.05, 3.63) is 70.0 Å². The molecule has 0 saturated carbocycles. The first-order chi connectivity index (χ1) is 16.5. The number of fused-ring (bicyclic) bond motifs is 1. The summed E-state index contributed by atoms with van der Waals surface area (Å²) >= 11 is 1.35. The molecule has 174 valence electrons. The highest BCUT2D eigenvalue weighted by molar-refractivity contribution is 7.12. The molecule has 1 fully saturated rings. The van der Waals surface area contributed by atoms with Crippen molar-refractivity contribution in [2.24, 2.45) is 0 Å². The normalized spacial score (nSPS) is 16.4. The average molecular weight is 476 g/mol. The molecule has 5 rings (SSSR count). The molecule has 1 aliphatic rings. The average Bonchev–Trinajstić information content (AvgIpc) is 3.59. The molecule has 10 heteroatoms. The number of carbonyl (C=O) groups is 2. The minimum Gasteiger partial charge on any atom is -0.366 e. The smallest absolute Gasteiger partial charge is 0.261 e. The molecule has 1 unspecified atom stereocenters. The fraction of sp³-hybridized carbons (Fsp3) is 0.250. The summed E-state index contributed by atoms with van der Waals surface area (Å²) in [6.45, 7) is 3.57. The number of amides is 2. The van der Waals surface area contributed by atoms with Crippen molar-refractivity contribution in [3.63, 3.8) is 0 Å². The number of benzene rings is 1. The molecule has 1 aliphatic heterocycles. The predicted octanol–water partition coefficient (Wildman–Crippen LogP) is 2.62. The van der Waals surface area contributed by atoms with E-state index in [0.29, 0.717) is 16.1 Å². The number of hydrogen-bond donors (Lipinski definition) is 4. The largest absolute Gasteiger partial charge is 0.366 e. The van der Waals surface area contributed by atoms with Gasteiger partial charge in [0.1, 0.15) is 0 Å². The third-order valence-corrected chi connectivity index (χ3v) is 6.82. The summed E-state index contributed by atoms with van der Waals surface area (Å²) in [5.41, 5.74) is 9.20. The van der Waals surface area contributed by atoms with E-state index in [1.165, 1.54) is 15.9 Å². The third-order valence-electron chi connectivity index (χ3n) is 5.89. The predicted molar refractivity (Wildman–Crippen MR) is 132 cm³/mol. The second-order valence-electron chi connectivity index (χ2n) is 8.35. The zero-order valence-electron chi connectivity index (χ0n) is 18.6. The number of thiophene rings is 1. The molecule has 4 heterocycles. The monoisotopic (exact) mass is 475 g/mol. The Labute approximate surface area is 200 Å². The summed E-state index contributed by atoms with van der Waals surface area (Å²) in [6.07, 6.45) is 2.64. The molecule has 5 N–H and O–H groups in total. The number of pyridine rings is 1. The topological polar surface area (TPSA) is 126 Å². The summed E-state index contributed by atoms with van der Waals surface area (Å²) in [4.78, 5) is 30.7. The number of nitrogens with zero attached hydrogens (tertiary/aromatic N) is 3. The molecule has 4 aromatic rings. The zero-order chi connectivity index (χ0) is 23.7. The third kappa shape index (κ3) is 4.50. The molecule has 2 amide bonds. The first kappa shape index (κ1) is 22.1. The van der Waals surface area contributed by atoms with Crippen molar-refractivity contribution >= 4 is 34.7 Å². The molecule has 34 heavy (non-hydrogen) atoms. The molecule has 0 radical (unpaired) electrons. The lowest BCUT2D eigenvalue weighted by Crippen LogP contribution is -2.36. The maximum atomic E-state index is 13.1. The standard InChI is InChI=1S/C24H25N7O2S/c1-14(15-5-3-2-4-6-15)27-23(33)20-10-17(13-34-20)16-9-19(21-29-24(25)30-31(21)12-16)22(32)28-18-7-8-26-11-18/h2-6,9-10,12-14,18,26H,7-8,11H2,1H3,(H2,25,30)(H,27,33)(H,28,32)/t14-,18?/m0/s1. The van der Waals surface area contributed by atoms with Crippen LogP contribution in [0.3, 0.4) is 0 Å². The first-order valence-electron chi connectivity index (χ1n) is 11.1. The molecular formula is C24H25N7O2S. The van der Waals surface area contributed by atoms with Gasteiger partial charge in [0, 0.05) is 24.3 Å². The van der Waals surface area contributed by atoms with Gasteiger partial charge in [-0.1, -0.05) is 30.3 Å². The molecule has 0 bridgehead atoms. The van der Waals surface area contributed by atoms with Crippen LogP contribution >= 0.6 is 11.3 Å². The van der Waals surface area contributed by atoms with Crippen molar-refractivity contribution in [1.29, 1.82) is 0 Å². The summed E-state index contributed by atoms with van der Waals surface area (Å²) < 4.78 is 1.52.